The van der Waals surface area contributed by atoms with Crippen LogP contribution in [0.1, 0.15) is 30.3 Å². The molecule has 0 fully saturated rings. The second kappa shape index (κ2) is 4.67. The van der Waals surface area contributed by atoms with Gasteiger partial charge >= 0.3 is 0 Å². The van der Waals surface area contributed by atoms with Crippen LogP contribution < -0.4 is 5.73 Å². The van der Waals surface area contributed by atoms with Crippen molar-refractivity contribution in [1.82, 2.24) is 0 Å². The number of Topliss-reactive ketones (excluding diaryl/α,β-unsaturated/α-hetero) is 1. The SMILES string of the molecule is CC(N)CCC(=O)c1cc2cc(F)ccc2o1. The lowest BCUT2D eigenvalue weighted by Gasteiger charge is -2.01. The molecule has 0 aliphatic rings. The standard InChI is InChI=1S/C13H14FNO2/c1-8(15)2-4-11(16)13-7-9-6-10(14)3-5-12(9)17-13/h3,5-8H,2,4,15H2,1H3. The van der Waals surface area contributed by atoms with Gasteiger partial charge in [-0.25, -0.2) is 4.39 Å². The van der Waals surface area contributed by atoms with E-state index in [9.17, 15) is 9.18 Å². The maximum absolute atomic E-state index is 13.0. The number of fused-ring (bicyclic) bond motifs is 1. The molecule has 1 aromatic heterocycles. The van der Waals surface area contributed by atoms with Crippen LogP contribution in [0.15, 0.2) is 28.7 Å². The van der Waals surface area contributed by atoms with Crippen molar-refractivity contribution in [1.29, 1.82) is 0 Å². The van der Waals surface area contributed by atoms with Crippen molar-refractivity contribution in [3.63, 3.8) is 0 Å². The number of furan rings is 1. The Morgan fingerprint density at radius 1 is 1.47 bits per heavy atom. The Hall–Kier alpha value is -1.68. The largest absolute Gasteiger partial charge is 0.453 e. The molecule has 0 saturated heterocycles. The van der Waals surface area contributed by atoms with E-state index in [1.165, 1.54) is 18.2 Å². The zero-order valence-electron chi connectivity index (χ0n) is 9.57. The molecule has 2 rings (SSSR count). The van der Waals surface area contributed by atoms with Crippen LogP contribution in [0.5, 0.6) is 0 Å². The predicted octanol–water partition coefficient (Wildman–Crippen LogP) is 2.88. The summed E-state index contributed by atoms with van der Waals surface area (Å²) in [6.07, 6.45) is 0.963. The number of hydrogen-bond acceptors (Lipinski definition) is 3. The maximum Gasteiger partial charge on any atom is 0.198 e. The Morgan fingerprint density at radius 2 is 2.24 bits per heavy atom. The van der Waals surface area contributed by atoms with Crippen LogP contribution >= 0.6 is 0 Å². The Balaban J connectivity index is 2.21. The summed E-state index contributed by atoms with van der Waals surface area (Å²) in [5, 5.41) is 0.606. The van der Waals surface area contributed by atoms with E-state index in [0.29, 0.717) is 23.8 Å². The minimum absolute atomic E-state index is 0.0132. The molecule has 90 valence electrons. The zero-order valence-corrected chi connectivity index (χ0v) is 9.57. The van der Waals surface area contributed by atoms with Crippen LogP contribution in [0.25, 0.3) is 11.0 Å². The first-order chi connectivity index (χ1) is 8.06. The molecule has 3 nitrogen and oxygen atoms in total. The van der Waals surface area contributed by atoms with E-state index < -0.39 is 0 Å². The minimum Gasteiger partial charge on any atom is -0.453 e. The second-order valence-corrected chi connectivity index (χ2v) is 4.23. The van der Waals surface area contributed by atoms with Gasteiger partial charge in [-0.05, 0) is 37.6 Å². The molecule has 0 amide bonds. The topological polar surface area (TPSA) is 56.2 Å². The first-order valence-corrected chi connectivity index (χ1v) is 5.54. The van der Waals surface area contributed by atoms with Gasteiger partial charge in [-0.2, -0.15) is 0 Å². The fraction of sp³-hybridized carbons (Fsp3) is 0.308. The van der Waals surface area contributed by atoms with Gasteiger partial charge in [0.15, 0.2) is 11.5 Å². The molecule has 4 heteroatoms. The first kappa shape index (κ1) is 11.8. The van der Waals surface area contributed by atoms with Crippen molar-refractivity contribution in [3.8, 4) is 0 Å². The monoisotopic (exact) mass is 235 g/mol. The number of carbonyl (C=O) groups excluding carboxylic acids is 1. The van der Waals surface area contributed by atoms with E-state index in [1.807, 2.05) is 6.92 Å². The van der Waals surface area contributed by atoms with E-state index in [-0.39, 0.29) is 23.4 Å². The molecule has 2 aromatic rings. The van der Waals surface area contributed by atoms with Crippen molar-refractivity contribution in [2.45, 2.75) is 25.8 Å². The summed E-state index contributed by atoms with van der Waals surface area (Å²) in [6, 6.07) is 5.73. The van der Waals surface area contributed by atoms with Gasteiger partial charge < -0.3 is 10.2 Å². The van der Waals surface area contributed by atoms with Crippen LogP contribution in [0.3, 0.4) is 0 Å². The molecule has 1 unspecified atom stereocenters. The molecule has 0 aliphatic heterocycles. The summed E-state index contributed by atoms with van der Waals surface area (Å²) in [7, 11) is 0. The number of ketones is 1. The highest BCUT2D eigenvalue weighted by molar-refractivity contribution is 5.97. The van der Waals surface area contributed by atoms with Crippen molar-refractivity contribution in [3.05, 3.63) is 35.8 Å². The molecule has 1 atom stereocenters. The van der Waals surface area contributed by atoms with Crippen LogP contribution in [0.4, 0.5) is 4.39 Å². The highest BCUT2D eigenvalue weighted by atomic mass is 19.1. The molecule has 1 aromatic carbocycles. The molecule has 1 heterocycles. The van der Waals surface area contributed by atoms with Gasteiger partial charge in [-0.3, -0.25) is 4.79 Å². The number of hydrogen-bond donors (Lipinski definition) is 1. The van der Waals surface area contributed by atoms with Crippen molar-refractivity contribution in [2.24, 2.45) is 5.73 Å². The van der Waals surface area contributed by atoms with Crippen LogP contribution in [-0.2, 0) is 0 Å². The number of benzene rings is 1. The summed E-state index contributed by atoms with van der Waals surface area (Å²) in [5.74, 6) is -0.168. The van der Waals surface area contributed by atoms with Gasteiger partial charge in [0.25, 0.3) is 0 Å². The Morgan fingerprint density at radius 3 is 2.94 bits per heavy atom. The number of carbonyl (C=O) groups is 1. The molecule has 0 bridgehead atoms. The number of nitrogens with two attached hydrogens (primary N) is 1. The fourth-order valence-electron chi connectivity index (χ4n) is 1.63. The first-order valence-electron chi connectivity index (χ1n) is 5.54. The van der Waals surface area contributed by atoms with E-state index in [0.717, 1.165) is 0 Å². The zero-order chi connectivity index (χ0) is 12.4. The van der Waals surface area contributed by atoms with Crippen molar-refractivity contribution >= 4 is 16.8 Å². The van der Waals surface area contributed by atoms with Crippen molar-refractivity contribution in [2.75, 3.05) is 0 Å². The van der Waals surface area contributed by atoms with Gasteiger partial charge in [0.05, 0.1) is 0 Å². The van der Waals surface area contributed by atoms with Gasteiger partial charge in [-0.1, -0.05) is 0 Å². The summed E-state index contributed by atoms with van der Waals surface area (Å²) < 4.78 is 18.3. The summed E-state index contributed by atoms with van der Waals surface area (Å²) >= 11 is 0. The smallest absolute Gasteiger partial charge is 0.198 e. The third-order valence-electron chi connectivity index (χ3n) is 2.58. The molecule has 2 N–H and O–H groups in total. The second-order valence-electron chi connectivity index (χ2n) is 4.23. The average molecular weight is 235 g/mol. The number of halogens is 1. The summed E-state index contributed by atoms with van der Waals surface area (Å²) in [4.78, 5) is 11.8. The van der Waals surface area contributed by atoms with E-state index in [4.69, 9.17) is 10.2 Å². The predicted molar refractivity (Wildman–Crippen MR) is 63.4 cm³/mol. The molecular formula is C13H14FNO2. The maximum atomic E-state index is 13.0. The minimum atomic E-state index is -0.340. The van der Waals surface area contributed by atoms with Gasteiger partial charge in [0.2, 0.25) is 0 Å². The molecule has 0 spiro atoms. The molecule has 0 aliphatic carbocycles. The van der Waals surface area contributed by atoms with Crippen LogP contribution in [0.2, 0.25) is 0 Å². The Labute approximate surface area is 98.4 Å². The Kier molecular flexibility index (Phi) is 3.24. The summed E-state index contributed by atoms with van der Waals surface area (Å²) in [5.41, 5.74) is 6.10. The molecular weight excluding hydrogens is 221 g/mol. The van der Waals surface area contributed by atoms with E-state index in [2.05, 4.69) is 0 Å². The third kappa shape index (κ3) is 2.71. The lowest BCUT2D eigenvalue weighted by Crippen LogP contribution is -2.16. The fourth-order valence-corrected chi connectivity index (χ4v) is 1.63. The average Bonchev–Trinajstić information content (AvgIpc) is 2.68. The lowest BCUT2D eigenvalue weighted by molar-refractivity contribution is 0.0953. The quantitative estimate of drug-likeness (QED) is 0.829. The lowest BCUT2D eigenvalue weighted by atomic mass is 10.1. The third-order valence-corrected chi connectivity index (χ3v) is 2.58. The highest BCUT2D eigenvalue weighted by Crippen LogP contribution is 2.21. The van der Waals surface area contributed by atoms with Crippen LogP contribution in [0, 0.1) is 5.82 Å². The van der Waals surface area contributed by atoms with Gasteiger partial charge in [0.1, 0.15) is 11.4 Å². The van der Waals surface area contributed by atoms with E-state index in [1.54, 1.807) is 6.07 Å². The van der Waals surface area contributed by atoms with Gasteiger partial charge in [0, 0.05) is 17.8 Å². The molecule has 0 saturated carbocycles. The Bertz CT molecular complexity index is 545. The van der Waals surface area contributed by atoms with E-state index >= 15 is 0 Å². The normalized spacial score (nSPS) is 12.9. The van der Waals surface area contributed by atoms with Crippen molar-refractivity contribution < 1.29 is 13.6 Å². The summed E-state index contributed by atoms with van der Waals surface area (Å²) in [6.45, 7) is 1.85. The molecule has 17 heavy (non-hydrogen) atoms. The van der Waals surface area contributed by atoms with Gasteiger partial charge in [-0.15, -0.1) is 0 Å². The number of rotatable bonds is 4. The highest BCUT2D eigenvalue weighted by Gasteiger charge is 2.13. The van der Waals surface area contributed by atoms with Crippen LogP contribution in [-0.4, -0.2) is 11.8 Å². The molecule has 0 radical (unpaired) electrons.